The van der Waals surface area contributed by atoms with Crippen molar-refractivity contribution in [3.05, 3.63) is 70.0 Å². The summed E-state index contributed by atoms with van der Waals surface area (Å²) in [6.45, 7) is 0.321. The molecule has 0 bridgehead atoms. The monoisotopic (exact) mass is 377 g/mol. The summed E-state index contributed by atoms with van der Waals surface area (Å²) in [5.41, 5.74) is 0.343. The van der Waals surface area contributed by atoms with Gasteiger partial charge in [0, 0.05) is 18.5 Å². The van der Waals surface area contributed by atoms with Crippen molar-refractivity contribution in [2.45, 2.75) is 19.5 Å². The van der Waals surface area contributed by atoms with Crippen molar-refractivity contribution in [3.8, 4) is 17.6 Å². The highest BCUT2D eigenvalue weighted by atomic mass is 16.5. The average Bonchev–Trinajstić information content (AvgIpc) is 2.72. The number of nitrogens with one attached hydrogen (secondary N) is 1. The van der Waals surface area contributed by atoms with Crippen molar-refractivity contribution in [2.24, 2.45) is 0 Å². The van der Waals surface area contributed by atoms with Crippen molar-refractivity contribution < 1.29 is 14.6 Å². The van der Waals surface area contributed by atoms with E-state index in [2.05, 4.69) is 5.32 Å². The summed E-state index contributed by atoms with van der Waals surface area (Å²) >= 11 is 0. The van der Waals surface area contributed by atoms with Gasteiger partial charge in [0.1, 0.15) is 17.1 Å². The van der Waals surface area contributed by atoms with Crippen molar-refractivity contribution in [1.29, 1.82) is 5.26 Å². The third-order valence-corrected chi connectivity index (χ3v) is 4.43. The van der Waals surface area contributed by atoms with E-state index in [9.17, 15) is 14.7 Å². The second kappa shape index (κ2) is 8.27. The summed E-state index contributed by atoms with van der Waals surface area (Å²) in [5, 5.41) is 22.5. The maximum atomic E-state index is 12.9. The van der Waals surface area contributed by atoms with Gasteiger partial charge in [0.25, 0.3) is 11.5 Å². The Kier molecular flexibility index (Phi) is 5.61. The summed E-state index contributed by atoms with van der Waals surface area (Å²) in [4.78, 5) is 25.5. The molecule has 142 valence electrons. The number of fused-ring (bicyclic) bond motifs is 1. The van der Waals surface area contributed by atoms with Crippen LogP contribution in [0, 0.1) is 11.3 Å². The Bertz CT molecular complexity index is 1110. The SMILES string of the molecule is COc1ccc(CNC(=O)c2c(O)c3ccccc3n(CCC#N)c2=O)cc1. The number of methoxy groups -OCH3 is 1. The van der Waals surface area contributed by atoms with E-state index < -0.39 is 11.5 Å². The minimum Gasteiger partial charge on any atom is -0.506 e. The van der Waals surface area contributed by atoms with Crippen LogP contribution < -0.4 is 15.6 Å². The number of ether oxygens (including phenoxy) is 1. The van der Waals surface area contributed by atoms with Gasteiger partial charge in [-0.2, -0.15) is 5.26 Å². The summed E-state index contributed by atoms with van der Waals surface area (Å²) < 4.78 is 6.44. The van der Waals surface area contributed by atoms with Gasteiger partial charge in [-0.15, -0.1) is 0 Å². The molecule has 1 amide bonds. The van der Waals surface area contributed by atoms with Gasteiger partial charge in [-0.3, -0.25) is 9.59 Å². The van der Waals surface area contributed by atoms with Crippen LogP contribution >= 0.6 is 0 Å². The van der Waals surface area contributed by atoms with Gasteiger partial charge >= 0.3 is 0 Å². The molecule has 1 heterocycles. The normalized spacial score (nSPS) is 10.4. The van der Waals surface area contributed by atoms with Gasteiger partial charge in [-0.05, 0) is 29.8 Å². The van der Waals surface area contributed by atoms with E-state index in [-0.39, 0.29) is 30.8 Å². The van der Waals surface area contributed by atoms with Crippen LogP contribution in [0.3, 0.4) is 0 Å². The number of benzene rings is 2. The van der Waals surface area contributed by atoms with E-state index in [0.717, 1.165) is 5.56 Å². The number of para-hydroxylation sites is 1. The molecule has 0 radical (unpaired) electrons. The number of nitriles is 1. The molecule has 0 saturated heterocycles. The van der Waals surface area contributed by atoms with Crippen LogP contribution in [0.5, 0.6) is 11.5 Å². The molecule has 0 aliphatic carbocycles. The highest BCUT2D eigenvalue weighted by Crippen LogP contribution is 2.26. The number of carbonyl (C=O) groups excluding carboxylic acids is 1. The molecule has 28 heavy (non-hydrogen) atoms. The molecular formula is C21H19N3O4. The Morgan fingerprint density at radius 1 is 1.21 bits per heavy atom. The lowest BCUT2D eigenvalue weighted by molar-refractivity contribution is 0.0946. The summed E-state index contributed by atoms with van der Waals surface area (Å²) in [5.74, 6) is -0.335. The molecule has 0 aliphatic rings. The number of rotatable bonds is 6. The van der Waals surface area contributed by atoms with E-state index in [1.165, 1.54) is 4.57 Å². The first-order chi connectivity index (χ1) is 13.6. The maximum absolute atomic E-state index is 12.9. The van der Waals surface area contributed by atoms with E-state index in [1.807, 2.05) is 6.07 Å². The Labute approximate surface area is 161 Å². The predicted molar refractivity (Wildman–Crippen MR) is 104 cm³/mol. The van der Waals surface area contributed by atoms with Gasteiger partial charge < -0.3 is 19.7 Å². The molecule has 0 saturated carbocycles. The molecule has 1 aromatic heterocycles. The number of aromatic hydroxyl groups is 1. The Morgan fingerprint density at radius 3 is 2.61 bits per heavy atom. The predicted octanol–water partition coefficient (Wildman–Crippen LogP) is 2.56. The second-order valence-electron chi connectivity index (χ2n) is 6.14. The third kappa shape index (κ3) is 3.67. The van der Waals surface area contributed by atoms with Crippen LogP contribution in [-0.4, -0.2) is 22.7 Å². The van der Waals surface area contributed by atoms with Gasteiger partial charge in [0.05, 0.1) is 25.1 Å². The first-order valence-corrected chi connectivity index (χ1v) is 8.69. The zero-order valence-electron chi connectivity index (χ0n) is 15.3. The smallest absolute Gasteiger partial charge is 0.267 e. The number of hydrogen-bond acceptors (Lipinski definition) is 5. The number of hydrogen-bond donors (Lipinski definition) is 2. The Morgan fingerprint density at radius 2 is 1.93 bits per heavy atom. The highest BCUT2D eigenvalue weighted by Gasteiger charge is 2.21. The molecule has 0 unspecified atom stereocenters. The number of amides is 1. The number of aryl methyl sites for hydroxylation is 1. The highest BCUT2D eigenvalue weighted by molar-refractivity contribution is 6.02. The molecule has 7 heteroatoms. The van der Waals surface area contributed by atoms with Gasteiger partial charge in [-0.1, -0.05) is 24.3 Å². The fraction of sp³-hybridized carbons (Fsp3) is 0.190. The fourth-order valence-corrected chi connectivity index (χ4v) is 2.99. The van der Waals surface area contributed by atoms with Crippen molar-refractivity contribution >= 4 is 16.8 Å². The van der Waals surface area contributed by atoms with Crippen molar-refractivity contribution in [1.82, 2.24) is 9.88 Å². The third-order valence-electron chi connectivity index (χ3n) is 4.43. The number of pyridine rings is 1. The Balaban J connectivity index is 1.95. The molecule has 3 aromatic rings. The lowest BCUT2D eigenvalue weighted by atomic mass is 10.1. The van der Waals surface area contributed by atoms with Crippen LogP contribution in [0.2, 0.25) is 0 Å². The van der Waals surface area contributed by atoms with Crippen molar-refractivity contribution in [2.75, 3.05) is 7.11 Å². The molecule has 2 N–H and O–H groups in total. The fourth-order valence-electron chi connectivity index (χ4n) is 2.99. The molecule has 3 rings (SSSR count). The molecule has 0 fully saturated rings. The first-order valence-electron chi connectivity index (χ1n) is 8.69. The molecule has 0 atom stereocenters. The number of nitrogens with zero attached hydrogens (tertiary/aromatic N) is 2. The Hall–Kier alpha value is -3.79. The molecule has 7 nitrogen and oxygen atoms in total. The van der Waals surface area contributed by atoms with Gasteiger partial charge in [-0.25, -0.2) is 0 Å². The largest absolute Gasteiger partial charge is 0.506 e. The average molecular weight is 377 g/mol. The summed E-state index contributed by atoms with van der Waals surface area (Å²) in [6, 6.07) is 15.9. The quantitative estimate of drug-likeness (QED) is 0.687. The second-order valence-corrected chi connectivity index (χ2v) is 6.14. The van der Waals surface area contributed by atoms with Crippen molar-refractivity contribution in [3.63, 3.8) is 0 Å². The maximum Gasteiger partial charge on any atom is 0.267 e. The van der Waals surface area contributed by atoms with Gasteiger partial charge in [0.2, 0.25) is 0 Å². The first kappa shape index (κ1) is 19.0. The topological polar surface area (TPSA) is 104 Å². The minimum absolute atomic E-state index is 0.113. The lowest BCUT2D eigenvalue weighted by Gasteiger charge is -2.14. The van der Waals surface area contributed by atoms with E-state index in [1.54, 1.807) is 55.6 Å². The zero-order chi connectivity index (χ0) is 20.1. The minimum atomic E-state index is -0.672. The van der Waals surface area contributed by atoms with Crippen LogP contribution in [-0.2, 0) is 13.1 Å². The zero-order valence-corrected chi connectivity index (χ0v) is 15.3. The molecule has 2 aromatic carbocycles. The van der Waals surface area contributed by atoms with Crippen LogP contribution in [0.25, 0.3) is 10.9 Å². The number of aromatic nitrogens is 1. The standard InChI is InChI=1S/C21H19N3O4/c1-28-15-9-7-14(8-10-15)13-23-20(26)18-19(25)16-5-2-3-6-17(16)24(21(18)27)12-4-11-22/h2-3,5-10,25H,4,12-13H2,1H3,(H,23,26). The van der Waals surface area contributed by atoms with E-state index >= 15 is 0 Å². The lowest BCUT2D eigenvalue weighted by Crippen LogP contribution is -2.33. The van der Waals surface area contributed by atoms with E-state index in [0.29, 0.717) is 16.7 Å². The molecule has 0 aliphatic heterocycles. The summed E-state index contributed by atoms with van der Waals surface area (Å²) in [7, 11) is 1.57. The molecular weight excluding hydrogens is 358 g/mol. The summed E-state index contributed by atoms with van der Waals surface area (Å²) in [6.07, 6.45) is 0.113. The van der Waals surface area contributed by atoms with Gasteiger partial charge in [0.15, 0.2) is 0 Å². The van der Waals surface area contributed by atoms with Crippen LogP contribution in [0.15, 0.2) is 53.3 Å². The van der Waals surface area contributed by atoms with Crippen LogP contribution in [0.4, 0.5) is 0 Å². The van der Waals surface area contributed by atoms with Crippen LogP contribution in [0.1, 0.15) is 22.3 Å². The van der Waals surface area contributed by atoms with E-state index in [4.69, 9.17) is 10.00 Å². The number of carbonyl (C=O) groups is 1. The molecule has 0 spiro atoms.